The average molecular weight is 531 g/mol. The van der Waals surface area contributed by atoms with Crippen molar-refractivity contribution in [2.45, 2.75) is 69.7 Å². The molecule has 2 bridgehead atoms. The molecule has 3 saturated heterocycles. The Morgan fingerprint density at radius 1 is 1.18 bits per heavy atom. The molecular formula is C29H34N6O4. The van der Waals surface area contributed by atoms with E-state index in [0.717, 1.165) is 62.1 Å². The quantitative estimate of drug-likeness (QED) is 0.498. The van der Waals surface area contributed by atoms with Crippen LogP contribution in [-0.2, 0) is 4.79 Å². The van der Waals surface area contributed by atoms with Crippen molar-refractivity contribution in [1.82, 2.24) is 19.5 Å². The number of pyridine rings is 2. The molecule has 6 heterocycles. The van der Waals surface area contributed by atoms with Gasteiger partial charge in [0.1, 0.15) is 24.2 Å². The van der Waals surface area contributed by atoms with E-state index < -0.39 is 5.60 Å². The van der Waals surface area contributed by atoms with Crippen molar-refractivity contribution in [2.75, 3.05) is 24.6 Å². The molecule has 204 valence electrons. The Balaban J connectivity index is 1.19. The molecule has 3 aromatic heterocycles. The molecule has 4 aliphatic rings. The first-order valence-electron chi connectivity index (χ1n) is 13.7. The standard InChI is InChI=1S/C29H34N6O4/c1-29(2,38)17-39-24-10-25(27-20(11-30)13-32-34(27)16-24)19-5-8-26(31-12-19)33-14-21-9-22(15-33)35(21)28(37)18-3-6-23(36)7-4-18/h5,8,10,12-13,16,18,21-23,36,38H,3-4,6-7,9,14-15,17H2,1-2H3/t18-,21?,22?,23-. The van der Waals surface area contributed by atoms with Crippen molar-refractivity contribution in [3.8, 4) is 22.9 Å². The van der Waals surface area contributed by atoms with Crippen molar-refractivity contribution >= 4 is 17.2 Å². The molecule has 1 amide bonds. The Kier molecular flexibility index (Phi) is 6.44. The summed E-state index contributed by atoms with van der Waals surface area (Å²) in [7, 11) is 0. The zero-order chi connectivity index (χ0) is 27.3. The summed E-state index contributed by atoms with van der Waals surface area (Å²) in [6.07, 6.45) is 8.82. The zero-order valence-electron chi connectivity index (χ0n) is 22.3. The van der Waals surface area contributed by atoms with Gasteiger partial charge in [-0.15, -0.1) is 0 Å². The van der Waals surface area contributed by atoms with Crippen molar-refractivity contribution in [3.63, 3.8) is 0 Å². The number of hydrogen-bond acceptors (Lipinski definition) is 8. The zero-order valence-corrected chi connectivity index (χ0v) is 22.3. The minimum atomic E-state index is -0.992. The number of nitrogens with zero attached hydrogens (tertiary/aromatic N) is 6. The summed E-state index contributed by atoms with van der Waals surface area (Å²) in [6.45, 7) is 4.99. The highest BCUT2D eigenvalue weighted by Gasteiger charge is 2.49. The molecule has 0 spiro atoms. The van der Waals surface area contributed by atoms with Crippen LogP contribution in [0.15, 0.2) is 36.8 Å². The van der Waals surface area contributed by atoms with Gasteiger partial charge >= 0.3 is 0 Å². The molecule has 1 aliphatic carbocycles. The number of hydrogen-bond donors (Lipinski definition) is 2. The molecule has 2 N–H and O–H groups in total. The molecule has 4 fully saturated rings. The highest BCUT2D eigenvalue weighted by atomic mass is 16.5. The SMILES string of the molecule is CC(C)(O)COc1cc(-c2ccc(N3CC4CC(C3)N4C(=O)[C@H]3CC[C@H](O)CC3)nc2)c2c(C#N)cnn2c1. The largest absolute Gasteiger partial charge is 0.489 e. The van der Waals surface area contributed by atoms with E-state index in [0.29, 0.717) is 16.8 Å². The number of nitriles is 1. The van der Waals surface area contributed by atoms with E-state index >= 15 is 0 Å². The summed E-state index contributed by atoms with van der Waals surface area (Å²) in [5.41, 5.74) is 1.73. The van der Waals surface area contributed by atoms with Crippen LogP contribution in [0.4, 0.5) is 5.82 Å². The first-order valence-corrected chi connectivity index (χ1v) is 13.7. The number of carbonyl (C=O) groups is 1. The van der Waals surface area contributed by atoms with Gasteiger partial charge < -0.3 is 24.7 Å². The molecule has 2 unspecified atom stereocenters. The lowest BCUT2D eigenvalue weighted by molar-refractivity contribution is -0.152. The van der Waals surface area contributed by atoms with E-state index in [1.807, 2.05) is 18.2 Å². The third kappa shape index (κ3) is 4.92. The van der Waals surface area contributed by atoms with Gasteiger partial charge in [-0.3, -0.25) is 4.79 Å². The summed E-state index contributed by atoms with van der Waals surface area (Å²) >= 11 is 0. The second kappa shape index (κ2) is 9.81. The first kappa shape index (κ1) is 25.6. The molecule has 39 heavy (non-hydrogen) atoms. The number of rotatable bonds is 6. The van der Waals surface area contributed by atoms with Crippen LogP contribution in [0.1, 0.15) is 51.5 Å². The molecule has 0 radical (unpaired) electrons. The van der Waals surface area contributed by atoms with Crippen LogP contribution in [0.3, 0.4) is 0 Å². The molecule has 2 atom stereocenters. The van der Waals surface area contributed by atoms with Gasteiger partial charge in [-0.05, 0) is 64.2 Å². The summed E-state index contributed by atoms with van der Waals surface area (Å²) < 4.78 is 7.45. The van der Waals surface area contributed by atoms with Gasteiger partial charge in [0.25, 0.3) is 0 Å². The normalized spacial score (nSPS) is 24.8. The lowest BCUT2D eigenvalue weighted by Gasteiger charge is -2.57. The topological polar surface area (TPSA) is 127 Å². The van der Waals surface area contributed by atoms with Crippen molar-refractivity contribution in [2.24, 2.45) is 5.92 Å². The molecule has 10 nitrogen and oxygen atoms in total. The highest BCUT2D eigenvalue weighted by molar-refractivity contribution is 5.85. The number of fused-ring (bicyclic) bond motifs is 3. The van der Waals surface area contributed by atoms with E-state index in [-0.39, 0.29) is 36.6 Å². The maximum absolute atomic E-state index is 13.2. The Hall–Kier alpha value is -3.68. The van der Waals surface area contributed by atoms with Gasteiger partial charge in [0.15, 0.2) is 0 Å². The lowest BCUT2D eigenvalue weighted by Crippen LogP contribution is -2.71. The minimum absolute atomic E-state index is 0.0459. The lowest BCUT2D eigenvalue weighted by atomic mass is 9.81. The molecule has 3 aromatic rings. The van der Waals surface area contributed by atoms with Crippen molar-refractivity contribution in [1.29, 1.82) is 5.26 Å². The van der Waals surface area contributed by atoms with E-state index in [9.17, 15) is 20.3 Å². The van der Waals surface area contributed by atoms with Crippen LogP contribution >= 0.6 is 0 Å². The smallest absolute Gasteiger partial charge is 0.226 e. The van der Waals surface area contributed by atoms with Crippen LogP contribution in [-0.4, -0.2) is 79.1 Å². The van der Waals surface area contributed by atoms with Gasteiger partial charge in [0.05, 0.1) is 47.3 Å². The van der Waals surface area contributed by atoms with Crippen LogP contribution in [0, 0.1) is 17.2 Å². The number of piperazine rings is 1. The fourth-order valence-electron chi connectivity index (χ4n) is 6.16. The monoisotopic (exact) mass is 530 g/mol. The van der Waals surface area contributed by atoms with Crippen LogP contribution < -0.4 is 9.64 Å². The number of anilines is 1. The fourth-order valence-corrected chi connectivity index (χ4v) is 6.16. The van der Waals surface area contributed by atoms with Crippen molar-refractivity contribution in [3.05, 3.63) is 42.4 Å². The molecule has 0 aromatic carbocycles. The van der Waals surface area contributed by atoms with Gasteiger partial charge in [-0.2, -0.15) is 10.4 Å². The Labute approximate surface area is 227 Å². The number of piperidine rings is 1. The number of aliphatic hydroxyl groups excluding tert-OH is 1. The predicted octanol–water partition coefficient (Wildman–Crippen LogP) is 2.76. The number of ether oxygens (including phenoxy) is 1. The average Bonchev–Trinajstić information content (AvgIpc) is 3.35. The Morgan fingerprint density at radius 2 is 1.92 bits per heavy atom. The predicted molar refractivity (Wildman–Crippen MR) is 144 cm³/mol. The Morgan fingerprint density at radius 3 is 2.56 bits per heavy atom. The van der Waals surface area contributed by atoms with E-state index in [2.05, 4.69) is 21.0 Å². The second-order valence-electron chi connectivity index (χ2n) is 11.8. The summed E-state index contributed by atoms with van der Waals surface area (Å²) in [5.74, 6) is 1.70. The second-order valence-corrected chi connectivity index (χ2v) is 11.8. The van der Waals surface area contributed by atoms with Crippen LogP contribution in [0.25, 0.3) is 16.6 Å². The number of aliphatic hydroxyl groups is 2. The maximum Gasteiger partial charge on any atom is 0.226 e. The van der Waals surface area contributed by atoms with E-state index in [1.165, 1.54) is 6.20 Å². The number of carbonyl (C=O) groups excluding carboxylic acids is 1. The Bertz CT molecular complexity index is 1400. The number of amides is 1. The van der Waals surface area contributed by atoms with Gasteiger partial charge in [0, 0.05) is 36.3 Å². The summed E-state index contributed by atoms with van der Waals surface area (Å²) in [6, 6.07) is 8.45. The molecule has 10 heteroatoms. The molecular weight excluding hydrogens is 496 g/mol. The third-order valence-electron chi connectivity index (χ3n) is 8.18. The van der Waals surface area contributed by atoms with Gasteiger partial charge in [-0.1, -0.05) is 0 Å². The summed E-state index contributed by atoms with van der Waals surface area (Å²) in [5, 5.41) is 33.8. The van der Waals surface area contributed by atoms with Gasteiger partial charge in [-0.25, -0.2) is 9.50 Å². The van der Waals surface area contributed by atoms with Crippen LogP contribution in [0.2, 0.25) is 0 Å². The molecule has 3 aliphatic heterocycles. The van der Waals surface area contributed by atoms with Crippen molar-refractivity contribution < 1.29 is 19.7 Å². The van der Waals surface area contributed by atoms with Crippen LogP contribution in [0.5, 0.6) is 5.75 Å². The first-order chi connectivity index (χ1) is 18.7. The maximum atomic E-state index is 13.2. The highest BCUT2D eigenvalue weighted by Crippen LogP contribution is 2.38. The third-order valence-corrected chi connectivity index (χ3v) is 8.18. The molecule has 1 saturated carbocycles. The van der Waals surface area contributed by atoms with Gasteiger partial charge in [0.2, 0.25) is 5.91 Å². The summed E-state index contributed by atoms with van der Waals surface area (Å²) in [4.78, 5) is 22.3. The number of aromatic nitrogens is 3. The van der Waals surface area contributed by atoms with E-state index in [1.54, 1.807) is 30.8 Å². The molecule has 7 rings (SSSR count). The van der Waals surface area contributed by atoms with E-state index in [4.69, 9.17) is 9.72 Å². The fraction of sp³-hybridized carbons (Fsp3) is 0.517. The minimum Gasteiger partial charge on any atom is -0.489 e.